The molecule has 1 heterocycles. The van der Waals surface area contributed by atoms with Crippen molar-refractivity contribution in [2.75, 3.05) is 0 Å². The minimum Gasteiger partial charge on any atom is -0.494 e. The van der Waals surface area contributed by atoms with Crippen LogP contribution in [0.5, 0.6) is 5.88 Å². The second-order valence-corrected chi connectivity index (χ2v) is 11.6. The lowest BCUT2D eigenvalue weighted by Crippen LogP contribution is -2.07. The van der Waals surface area contributed by atoms with Gasteiger partial charge in [-0.1, -0.05) is 118 Å². The van der Waals surface area contributed by atoms with Crippen LogP contribution < -0.4 is 0 Å². The smallest absolute Gasteiger partial charge is 0.202 e. The summed E-state index contributed by atoms with van der Waals surface area (Å²) in [6.45, 7) is 13.2. The Morgan fingerprint density at radius 2 is 1.19 bits per heavy atom. The van der Waals surface area contributed by atoms with Crippen LogP contribution >= 0.6 is 0 Å². The normalized spacial score (nSPS) is 11.6. The maximum absolute atomic E-state index is 13.0. The monoisotopic (exact) mass is 554 g/mol. The first-order valence-electron chi connectivity index (χ1n) is 14.4. The molecule has 0 aliphatic carbocycles. The zero-order chi connectivity index (χ0) is 30.0. The Labute approximate surface area is 249 Å². The van der Waals surface area contributed by atoms with Gasteiger partial charge in [0.1, 0.15) is 0 Å². The van der Waals surface area contributed by atoms with Gasteiger partial charge in [-0.15, -0.1) is 0 Å². The molecule has 5 aromatic rings. The highest BCUT2D eigenvalue weighted by atomic mass is 16.3. The quantitative estimate of drug-likeness (QED) is 0.154. The van der Waals surface area contributed by atoms with Crippen LogP contribution in [-0.2, 0) is 13.1 Å². The molecule has 1 N–H and O–H groups in total. The summed E-state index contributed by atoms with van der Waals surface area (Å²) >= 11 is 0. The van der Waals surface area contributed by atoms with Gasteiger partial charge in [-0.3, -0.25) is 9.79 Å². The fourth-order valence-corrected chi connectivity index (χ4v) is 5.85. The Hall–Kier alpha value is -4.70. The standard InChI is InChI=1S/C38H38N2O2/c1-24-7-11-32(12-8-24)36(39-21-30-17-26(3)15-27(4)18-30)35-34(23-41)37(33-13-9-25(2)10-14-33)40(38(35)42)22-31-19-28(5)16-29(6)20-31/h7-20,23,42H,21-22H2,1-6H3. The Morgan fingerprint density at radius 3 is 1.71 bits per heavy atom. The van der Waals surface area contributed by atoms with Crippen molar-refractivity contribution >= 4 is 12.0 Å². The fourth-order valence-electron chi connectivity index (χ4n) is 5.85. The van der Waals surface area contributed by atoms with Crippen LogP contribution in [0.4, 0.5) is 0 Å². The second-order valence-electron chi connectivity index (χ2n) is 11.6. The summed E-state index contributed by atoms with van der Waals surface area (Å²) in [5.74, 6) is 0.0339. The Kier molecular flexibility index (Phi) is 8.26. The molecule has 0 radical (unpaired) electrons. The van der Waals surface area contributed by atoms with Gasteiger partial charge in [0.15, 0.2) is 6.29 Å². The molecule has 4 heteroatoms. The van der Waals surface area contributed by atoms with Gasteiger partial charge in [0.05, 0.1) is 35.6 Å². The third-order valence-electron chi connectivity index (χ3n) is 7.60. The molecule has 0 bridgehead atoms. The molecule has 1 aromatic heterocycles. The van der Waals surface area contributed by atoms with Crippen molar-refractivity contribution in [3.8, 4) is 17.1 Å². The van der Waals surface area contributed by atoms with Gasteiger partial charge in [-0.25, -0.2) is 0 Å². The first-order chi connectivity index (χ1) is 20.1. The third kappa shape index (κ3) is 6.13. The first-order valence-corrected chi connectivity index (χ1v) is 14.4. The molecule has 0 aliphatic rings. The lowest BCUT2D eigenvalue weighted by atomic mass is 9.97. The van der Waals surface area contributed by atoms with E-state index in [0.29, 0.717) is 35.6 Å². The highest BCUT2D eigenvalue weighted by Gasteiger charge is 2.28. The van der Waals surface area contributed by atoms with E-state index >= 15 is 0 Å². The van der Waals surface area contributed by atoms with E-state index in [4.69, 9.17) is 4.99 Å². The van der Waals surface area contributed by atoms with Crippen molar-refractivity contribution in [2.45, 2.75) is 54.6 Å². The number of aldehydes is 1. The first kappa shape index (κ1) is 28.8. The highest BCUT2D eigenvalue weighted by Crippen LogP contribution is 2.38. The lowest BCUT2D eigenvalue weighted by Gasteiger charge is -2.13. The van der Waals surface area contributed by atoms with Gasteiger partial charge in [-0.05, 0) is 58.2 Å². The van der Waals surface area contributed by atoms with Crippen LogP contribution in [0, 0.1) is 41.5 Å². The average Bonchev–Trinajstić information content (AvgIpc) is 3.20. The molecule has 0 saturated carbocycles. The Bertz CT molecular complexity index is 1750. The predicted octanol–water partition coefficient (Wildman–Crippen LogP) is 8.61. The molecule has 212 valence electrons. The fraction of sp³-hybridized carbons (Fsp3) is 0.211. The van der Waals surface area contributed by atoms with E-state index in [-0.39, 0.29) is 5.88 Å². The number of aliphatic imine (C=N–C) groups is 1. The predicted molar refractivity (Wildman–Crippen MR) is 173 cm³/mol. The molecule has 0 aliphatic heterocycles. The SMILES string of the molecule is Cc1ccc(C(=NCc2cc(C)cc(C)c2)c2c(C=O)c(-c3ccc(C)cc3)n(Cc3cc(C)cc(C)c3)c2O)cc1. The summed E-state index contributed by atoms with van der Waals surface area (Å²) in [6.07, 6.45) is 0.864. The highest BCUT2D eigenvalue weighted by molar-refractivity contribution is 6.19. The van der Waals surface area contributed by atoms with Crippen molar-refractivity contribution in [1.29, 1.82) is 0 Å². The number of hydrogen-bond donors (Lipinski definition) is 1. The summed E-state index contributed by atoms with van der Waals surface area (Å²) in [4.78, 5) is 18.1. The molecule has 5 rings (SSSR count). The number of carbonyl (C=O) groups is 1. The zero-order valence-corrected chi connectivity index (χ0v) is 25.3. The number of nitrogens with zero attached hydrogens (tertiary/aromatic N) is 2. The molecule has 0 atom stereocenters. The minimum absolute atomic E-state index is 0.0339. The molecule has 42 heavy (non-hydrogen) atoms. The Balaban J connectivity index is 1.77. The number of benzene rings is 4. The molecule has 0 amide bonds. The van der Waals surface area contributed by atoms with Crippen LogP contribution in [0.2, 0.25) is 0 Å². The molecular weight excluding hydrogens is 516 g/mol. The van der Waals surface area contributed by atoms with Gasteiger partial charge in [0.2, 0.25) is 5.88 Å². The summed E-state index contributed by atoms with van der Waals surface area (Å²) in [7, 11) is 0. The summed E-state index contributed by atoms with van der Waals surface area (Å²) in [5.41, 5.74) is 12.9. The molecule has 0 saturated heterocycles. The van der Waals surface area contributed by atoms with E-state index < -0.39 is 0 Å². The van der Waals surface area contributed by atoms with E-state index in [1.165, 1.54) is 11.1 Å². The van der Waals surface area contributed by atoms with Crippen LogP contribution in [0.3, 0.4) is 0 Å². The van der Waals surface area contributed by atoms with Crippen molar-refractivity contribution in [3.05, 3.63) is 146 Å². The third-order valence-corrected chi connectivity index (χ3v) is 7.60. The van der Waals surface area contributed by atoms with Crippen molar-refractivity contribution in [3.63, 3.8) is 0 Å². The lowest BCUT2D eigenvalue weighted by molar-refractivity contribution is 0.112. The number of aromatic nitrogens is 1. The maximum Gasteiger partial charge on any atom is 0.202 e. The number of aromatic hydroxyl groups is 1. The molecule has 4 nitrogen and oxygen atoms in total. The maximum atomic E-state index is 13.0. The molecular formula is C38H38N2O2. The number of aryl methyl sites for hydroxylation is 6. The molecule has 0 fully saturated rings. The van der Waals surface area contributed by atoms with E-state index in [1.54, 1.807) is 0 Å². The van der Waals surface area contributed by atoms with Crippen LogP contribution in [0.25, 0.3) is 11.3 Å². The van der Waals surface area contributed by atoms with Gasteiger partial charge in [0, 0.05) is 5.56 Å². The summed E-state index contributed by atoms with van der Waals surface area (Å²) < 4.78 is 1.86. The van der Waals surface area contributed by atoms with E-state index in [9.17, 15) is 9.90 Å². The van der Waals surface area contributed by atoms with E-state index in [1.807, 2.05) is 66.9 Å². The summed E-state index contributed by atoms with van der Waals surface area (Å²) in [6, 6.07) is 29.0. The topological polar surface area (TPSA) is 54.6 Å². The van der Waals surface area contributed by atoms with Crippen molar-refractivity contribution in [1.82, 2.24) is 4.57 Å². The molecule has 4 aromatic carbocycles. The van der Waals surface area contributed by atoms with Crippen LogP contribution in [0.1, 0.15) is 66.0 Å². The van der Waals surface area contributed by atoms with Crippen LogP contribution in [-0.4, -0.2) is 21.7 Å². The number of carbonyl (C=O) groups excluding carboxylic acids is 1. The number of hydrogen-bond acceptors (Lipinski definition) is 3. The molecule has 0 unspecified atom stereocenters. The molecule has 0 spiro atoms. The van der Waals surface area contributed by atoms with Crippen molar-refractivity contribution in [2.24, 2.45) is 4.99 Å². The number of rotatable bonds is 8. The second kappa shape index (κ2) is 12.0. The summed E-state index contributed by atoms with van der Waals surface area (Å²) in [5, 5.41) is 12.0. The van der Waals surface area contributed by atoms with Gasteiger partial charge < -0.3 is 9.67 Å². The van der Waals surface area contributed by atoms with Crippen LogP contribution in [0.15, 0.2) is 89.9 Å². The average molecular weight is 555 g/mol. The van der Waals surface area contributed by atoms with E-state index in [2.05, 4.69) is 64.1 Å². The minimum atomic E-state index is 0.0339. The Morgan fingerprint density at radius 1 is 0.690 bits per heavy atom. The zero-order valence-electron chi connectivity index (χ0n) is 25.3. The van der Waals surface area contributed by atoms with Gasteiger partial charge >= 0.3 is 0 Å². The van der Waals surface area contributed by atoms with Crippen molar-refractivity contribution < 1.29 is 9.90 Å². The van der Waals surface area contributed by atoms with Gasteiger partial charge in [-0.2, -0.15) is 0 Å². The van der Waals surface area contributed by atoms with E-state index in [0.717, 1.165) is 50.8 Å². The van der Waals surface area contributed by atoms with Gasteiger partial charge in [0.25, 0.3) is 0 Å². The largest absolute Gasteiger partial charge is 0.494 e.